The van der Waals surface area contributed by atoms with Gasteiger partial charge in [0.2, 0.25) is 0 Å². The van der Waals surface area contributed by atoms with Crippen molar-refractivity contribution in [2.45, 2.75) is 18.9 Å². The van der Waals surface area contributed by atoms with Crippen LogP contribution < -0.4 is 0 Å². The van der Waals surface area contributed by atoms with Crippen LogP contribution in [0.15, 0.2) is 24.3 Å². The first-order valence-corrected chi connectivity index (χ1v) is 5.82. The molecule has 0 bridgehead atoms. The zero-order chi connectivity index (χ0) is 12.0. The van der Waals surface area contributed by atoms with E-state index in [0.29, 0.717) is 11.1 Å². The molecule has 0 saturated heterocycles. The number of carbonyl (C=O) groups is 2. The Balaban J connectivity index is 1.84. The van der Waals surface area contributed by atoms with Gasteiger partial charge in [-0.05, 0) is 30.9 Å². The number of amides is 2. The van der Waals surface area contributed by atoms with Crippen molar-refractivity contribution in [1.29, 1.82) is 0 Å². The Kier molecular flexibility index (Phi) is 2.26. The lowest BCUT2D eigenvalue weighted by Gasteiger charge is -2.17. The molecule has 88 valence electrons. The Morgan fingerprint density at radius 1 is 1.18 bits per heavy atom. The van der Waals surface area contributed by atoms with Gasteiger partial charge in [0.15, 0.2) is 0 Å². The van der Waals surface area contributed by atoms with Gasteiger partial charge in [-0.1, -0.05) is 12.1 Å². The summed E-state index contributed by atoms with van der Waals surface area (Å²) in [6.45, 7) is 0.122. The van der Waals surface area contributed by atoms with Gasteiger partial charge in [0, 0.05) is 0 Å². The van der Waals surface area contributed by atoms with Crippen molar-refractivity contribution in [2.75, 3.05) is 6.54 Å². The van der Waals surface area contributed by atoms with Crippen molar-refractivity contribution in [3.63, 3.8) is 0 Å². The molecule has 1 atom stereocenters. The molecule has 0 radical (unpaired) electrons. The summed E-state index contributed by atoms with van der Waals surface area (Å²) in [5.41, 5.74) is 0.890. The van der Waals surface area contributed by atoms with E-state index in [-0.39, 0.29) is 24.3 Å². The molecule has 0 unspecified atom stereocenters. The van der Waals surface area contributed by atoms with E-state index in [2.05, 4.69) is 0 Å². The maximum atomic E-state index is 12.0. The van der Waals surface area contributed by atoms with E-state index in [0.717, 1.165) is 17.7 Å². The first-order chi connectivity index (χ1) is 8.18. The lowest BCUT2D eigenvalue weighted by atomic mass is 10.1. The number of hydrogen-bond acceptors (Lipinski definition) is 3. The van der Waals surface area contributed by atoms with E-state index in [9.17, 15) is 14.7 Å². The van der Waals surface area contributed by atoms with Crippen LogP contribution in [0, 0.1) is 5.92 Å². The molecule has 2 amide bonds. The minimum Gasteiger partial charge on any atom is -0.391 e. The summed E-state index contributed by atoms with van der Waals surface area (Å²) in [5.74, 6) is -0.310. The molecule has 17 heavy (non-hydrogen) atoms. The van der Waals surface area contributed by atoms with Gasteiger partial charge in [-0.15, -0.1) is 0 Å². The lowest BCUT2D eigenvalue weighted by molar-refractivity contribution is 0.0515. The molecule has 1 heterocycles. The predicted octanol–water partition coefficient (Wildman–Crippen LogP) is 1.05. The van der Waals surface area contributed by atoms with Gasteiger partial charge < -0.3 is 5.11 Å². The summed E-state index contributed by atoms with van der Waals surface area (Å²) in [6.07, 6.45) is 1.41. The van der Waals surface area contributed by atoms with Crippen molar-refractivity contribution >= 4 is 11.8 Å². The van der Waals surface area contributed by atoms with Gasteiger partial charge in [0.05, 0.1) is 23.8 Å². The molecule has 1 aliphatic carbocycles. The quantitative estimate of drug-likeness (QED) is 0.791. The second kappa shape index (κ2) is 3.67. The first-order valence-electron chi connectivity index (χ1n) is 5.82. The zero-order valence-electron chi connectivity index (χ0n) is 9.30. The second-order valence-corrected chi connectivity index (χ2v) is 4.67. The monoisotopic (exact) mass is 231 g/mol. The maximum absolute atomic E-state index is 12.0. The molecule has 0 spiro atoms. The Morgan fingerprint density at radius 3 is 2.18 bits per heavy atom. The Labute approximate surface area is 98.9 Å². The summed E-state index contributed by atoms with van der Waals surface area (Å²) in [4.78, 5) is 25.1. The van der Waals surface area contributed by atoms with Gasteiger partial charge in [-0.25, -0.2) is 0 Å². The molecule has 3 rings (SSSR count). The summed E-state index contributed by atoms with van der Waals surface area (Å²) in [6, 6.07) is 6.79. The summed E-state index contributed by atoms with van der Waals surface area (Å²) < 4.78 is 0. The number of carbonyl (C=O) groups excluding carboxylic acids is 2. The van der Waals surface area contributed by atoms with Crippen LogP contribution in [0.4, 0.5) is 0 Å². The Hall–Kier alpha value is -1.68. The highest BCUT2D eigenvalue weighted by atomic mass is 16.3. The van der Waals surface area contributed by atoms with Crippen LogP contribution in [0.25, 0.3) is 0 Å². The van der Waals surface area contributed by atoms with Crippen molar-refractivity contribution < 1.29 is 14.7 Å². The number of rotatable bonds is 3. The fourth-order valence-electron chi connectivity index (χ4n) is 2.22. The largest absolute Gasteiger partial charge is 0.391 e. The van der Waals surface area contributed by atoms with Crippen LogP contribution in [-0.2, 0) is 0 Å². The summed E-state index contributed by atoms with van der Waals surface area (Å²) >= 11 is 0. The minimum absolute atomic E-state index is 0.122. The van der Waals surface area contributed by atoms with Crippen LogP contribution >= 0.6 is 0 Å². The first kappa shape index (κ1) is 10.5. The molecule has 1 aliphatic heterocycles. The number of aliphatic hydroxyl groups excluding tert-OH is 1. The Bertz CT molecular complexity index is 458. The highest BCUT2D eigenvalue weighted by Gasteiger charge is 2.39. The number of benzene rings is 1. The average Bonchev–Trinajstić information content (AvgIpc) is 3.15. The molecular weight excluding hydrogens is 218 g/mol. The number of fused-ring (bicyclic) bond motifs is 1. The summed E-state index contributed by atoms with van der Waals surface area (Å²) in [5, 5.41) is 9.82. The van der Waals surface area contributed by atoms with Crippen LogP contribution in [0.1, 0.15) is 33.6 Å². The topological polar surface area (TPSA) is 57.6 Å². The fourth-order valence-corrected chi connectivity index (χ4v) is 2.22. The molecule has 0 aromatic heterocycles. The Morgan fingerprint density at radius 2 is 1.71 bits per heavy atom. The normalized spacial score (nSPS) is 20.6. The standard InChI is InChI=1S/C13H13NO3/c15-11(8-5-6-8)7-14-12(16)9-3-1-2-4-10(9)13(14)17/h1-4,8,11,15H,5-7H2/t11-/m0/s1. The van der Waals surface area contributed by atoms with Gasteiger partial charge in [-0.3, -0.25) is 14.5 Å². The third-order valence-electron chi connectivity index (χ3n) is 3.41. The van der Waals surface area contributed by atoms with Gasteiger partial charge in [0.1, 0.15) is 0 Å². The molecule has 1 aromatic carbocycles. The number of hydrogen-bond donors (Lipinski definition) is 1. The molecule has 1 fully saturated rings. The van der Waals surface area contributed by atoms with E-state index in [4.69, 9.17) is 0 Å². The lowest BCUT2D eigenvalue weighted by Crippen LogP contribution is -2.37. The van der Waals surface area contributed by atoms with E-state index in [1.54, 1.807) is 24.3 Å². The zero-order valence-corrected chi connectivity index (χ0v) is 9.30. The highest BCUT2D eigenvalue weighted by Crippen LogP contribution is 2.34. The molecule has 1 aromatic rings. The van der Waals surface area contributed by atoms with E-state index < -0.39 is 6.10 Å². The molecule has 4 heteroatoms. The van der Waals surface area contributed by atoms with E-state index in [1.165, 1.54) is 0 Å². The molecule has 1 saturated carbocycles. The second-order valence-electron chi connectivity index (χ2n) is 4.67. The smallest absolute Gasteiger partial charge is 0.261 e. The minimum atomic E-state index is -0.572. The van der Waals surface area contributed by atoms with Gasteiger partial charge in [-0.2, -0.15) is 0 Å². The van der Waals surface area contributed by atoms with Gasteiger partial charge in [0.25, 0.3) is 11.8 Å². The van der Waals surface area contributed by atoms with Crippen LogP contribution in [-0.4, -0.2) is 34.5 Å². The molecule has 1 N–H and O–H groups in total. The summed E-state index contributed by atoms with van der Waals surface area (Å²) in [7, 11) is 0. The van der Waals surface area contributed by atoms with E-state index in [1.807, 2.05) is 0 Å². The molecule has 4 nitrogen and oxygen atoms in total. The van der Waals surface area contributed by atoms with Crippen LogP contribution in [0.3, 0.4) is 0 Å². The van der Waals surface area contributed by atoms with Crippen molar-refractivity contribution in [3.8, 4) is 0 Å². The average molecular weight is 231 g/mol. The number of β-amino-alcohol motifs (C(OH)–C–C–N with tert-alkyl or cyclic N) is 1. The van der Waals surface area contributed by atoms with Gasteiger partial charge >= 0.3 is 0 Å². The van der Waals surface area contributed by atoms with E-state index >= 15 is 0 Å². The highest BCUT2D eigenvalue weighted by molar-refractivity contribution is 6.21. The molecule has 2 aliphatic rings. The van der Waals surface area contributed by atoms with Crippen molar-refractivity contribution in [1.82, 2.24) is 4.90 Å². The fraction of sp³-hybridized carbons (Fsp3) is 0.385. The third kappa shape index (κ3) is 1.65. The number of aliphatic hydroxyl groups is 1. The van der Waals surface area contributed by atoms with Crippen molar-refractivity contribution in [3.05, 3.63) is 35.4 Å². The number of nitrogens with zero attached hydrogens (tertiary/aromatic N) is 1. The molecular formula is C13H13NO3. The van der Waals surface area contributed by atoms with Crippen LogP contribution in [0.5, 0.6) is 0 Å². The maximum Gasteiger partial charge on any atom is 0.261 e. The third-order valence-corrected chi connectivity index (χ3v) is 3.41. The SMILES string of the molecule is O=C1c2ccccc2C(=O)N1C[C@H](O)C1CC1. The van der Waals surface area contributed by atoms with Crippen LogP contribution in [0.2, 0.25) is 0 Å². The number of imide groups is 1. The predicted molar refractivity (Wildman–Crippen MR) is 60.5 cm³/mol. The van der Waals surface area contributed by atoms with Crippen molar-refractivity contribution in [2.24, 2.45) is 5.92 Å².